The maximum absolute atomic E-state index is 15.3. The number of benzene rings is 1. The molecule has 1 aromatic heterocycles. The molecule has 166 valence electrons. The van der Waals surface area contributed by atoms with Gasteiger partial charge in [0.2, 0.25) is 5.43 Å². The SMILES string of the molecule is COc1c(N2C[C@@H](CNC3CC3)[C@@H](F)C2)c(F)cc2c(=O)c(C(=O)O)cn(C3CC3)c12. The average Bonchev–Trinajstić information content (AvgIpc) is 3.65. The predicted molar refractivity (Wildman–Crippen MR) is 112 cm³/mol. The van der Waals surface area contributed by atoms with Gasteiger partial charge >= 0.3 is 5.97 Å². The number of nitrogens with zero attached hydrogens (tertiary/aromatic N) is 2. The van der Waals surface area contributed by atoms with Gasteiger partial charge in [0.15, 0.2) is 11.6 Å². The molecule has 0 bridgehead atoms. The van der Waals surface area contributed by atoms with Crippen LogP contribution in [0.3, 0.4) is 0 Å². The molecule has 2 N–H and O–H groups in total. The molecule has 2 atom stereocenters. The molecule has 9 heteroatoms. The second-order valence-corrected chi connectivity index (χ2v) is 8.82. The molecule has 3 aliphatic rings. The number of ether oxygens (including phenoxy) is 1. The fourth-order valence-electron chi connectivity index (χ4n) is 4.54. The standard InChI is InChI=1S/C22H25F2N3O4/c1-31-21-18-14(20(28)15(22(29)30)9-27(18)13-4-5-13)6-16(23)19(21)26-8-11(17(24)10-26)7-25-12-2-3-12/h6,9,11-13,17,25H,2-5,7-8,10H2,1H3,(H,29,30)/t11-,17+/m1/s1. The molecule has 2 aromatic rings. The van der Waals surface area contributed by atoms with Crippen molar-refractivity contribution in [3.8, 4) is 5.75 Å². The number of methoxy groups -OCH3 is 1. The zero-order valence-corrected chi connectivity index (χ0v) is 17.2. The molecule has 1 aliphatic heterocycles. The molecule has 1 saturated heterocycles. The first kappa shape index (κ1) is 20.2. The third kappa shape index (κ3) is 3.54. The molecule has 7 nitrogen and oxygen atoms in total. The van der Waals surface area contributed by atoms with Gasteiger partial charge in [0.25, 0.3) is 0 Å². The summed E-state index contributed by atoms with van der Waals surface area (Å²) in [6.07, 6.45) is 4.09. The number of carboxylic acids is 1. The normalized spacial score (nSPS) is 23.5. The lowest BCUT2D eigenvalue weighted by molar-refractivity contribution is 0.0694. The molecule has 5 rings (SSSR count). The number of carboxylic acid groups (broad SMARTS) is 1. The van der Waals surface area contributed by atoms with Crippen molar-refractivity contribution in [2.75, 3.05) is 31.6 Å². The minimum Gasteiger partial charge on any atom is -0.492 e. The van der Waals surface area contributed by atoms with E-state index in [1.54, 1.807) is 9.47 Å². The Balaban J connectivity index is 1.61. The van der Waals surface area contributed by atoms with E-state index in [1.807, 2.05) is 0 Å². The van der Waals surface area contributed by atoms with Crippen molar-refractivity contribution in [2.24, 2.45) is 5.92 Å². The highest BCUT2D eigenvalue weighted by Crippen LogP contribution is 2.44. The number of aromatic nitrogens is 1. The van der Waals surface area contributed by atoms with Crippen LogP contribution < -0.4 is 20.4 Å². The van der Waals surface area contributed by atoms with Crippen LogP contribution in [-0.4, -0.2) is 54.6 Å². The maximum Gasteiger partial charge on any atom is 0.341 e. The van der Waals surface area contributed by atoms with Crippen LogP contribution in [0.5, 0.6) is 5.75 Å². The first-order chi connectivity index (χ1) is 14.9. The maximum atomic E-state index is 15.3. The number of aromatic carboxylic acids is 1. The Kier molecular flexibility index (Phi) is 4.88. The van der Waals surface area contributed by atoms with Crippen LogP contribution in [-0.2, 0) is 0 Å². The fraction of sp³-hybridized carbons (Fsp3) is 0.545. The lowest BCUT2D eigenvalue weighted by Crippen LogP contribution is -2.30. The van der Waals surface area contributed by atoms with Gasteiger partial charge in [-0.15, -0.1) is 0 Å². The Morgan fingerprint density at radius 3 is 2.65 bits per heavy atom. The lowest BCUT2D eigenvalue weighted by Gasteiger charge is -2.24. The van der Waals surface area contributed by atoms with Crippen LogP contribution in [0.15, 0.2) is 17.1 Å². The number of halogens is 2. The van der Waals surface area contributed by atoms with Crippen LogP contribution in [0.4, 0.5) is 14.5 Å². The highest BCUT2D eigenvalue weighted by molar-refractivity contribution is 5.97. The van der Waals surface area contributed by atoms with E-state index in [0.29, 0.717) is 24.6 Å². The summed E-state index contributed by atoms with van der Waals surface area (Å²) in [5.74, 6) is -2.18. The lowest BCUT2D eigenvalue weighted by atomic mass is 10.1. The van der Waals surface area contributed by atoms with Gasteiger partial charge in [-0.2, -0.15) is 0 Å². The summed E-state index contributed by atoms with van der Waals surface area (Å²) < 4.78 is 37.3. The number of pyridine rings is 1. The second-order valence-electron chi connectivity index (χ2n) is 8.82. The molecule has 0 amide bonds. The second kappa shape index (κ2) is 7.47. The van der Waals surface area contributed by atoms with Crippen molar-refractivity contribution in [1.82, 2.24) is 9.88 Å². The summed E-state index contributed by atoms with van der Waals surface area (Å²) in [6, 6.07) is 1.56. The number of rotatable bonds is 7. The zero-order chi connectivity index (χ0) is 21.9. The number of carbonyl (C=O) groups is 1. The van der Waals surface area contributed by atoms with Gasteiger partial charge in [0, 0.05) is 43.8 Å². The number of nitrogens with one attached hydrogen (secondary N) is 1. The summed E-state index contributed by atoms with van der Waals surface area (Å²) in [6.45, 7) is 0.909. The summed E-state index contributed by atoms with van der Waals surface area (Å²) in [7, 11) is 1.39. The van der Waals surface area contributed by atoms with Crippen LogP contribution in [0.1, 0.15) is 42.1 Å². The first-order valence-corrected chi connectivity index (χ1v) is 10.7. The first-order valence-electron chi connectivity index (χ1n) is 10.7. The molecule has 31 heavy (non-hydrogen) atoms. The van der Waals surface area contributed by atoms with Crippen LogP contribution in [0.25, 0.3) is 10.9 Å². The van der Waals surface area contributed by atoms with Gasteiger partial charge in [0.05, 0.1) is 18.0 Å². The van der Waals surface area contributed by atoms with E-state index in [4.69, 9.17) is 4.74 Å². The fourth-order valence-corrected chi connectivity index (χ4v) is 4.54. The summed E-state index contributed by atoms with van der Waals surface area (Å²) in [5.41, 5.74) is -0.654. The van der Waals surface area contributed by atoms with Crippen molar-refractivity contribution >= 4 is 22.6 Å². The Morgan fingerprint density at radius 1 is 1.29 bits per heavy atom. The van der Waals surface area contributed by atoms with Gasteiger partial charge < -0.3 is 24.6 Å². The van der Waals surface area contributed by atoms with Crippen molar-refractivity contribution < 1.29 is 23.4 Å². The Morgan fingerprint density at radius 2 is 2.03 bits per heavy atom. The van der Waals surface area contributed by atoms with Gasteiger partial charge in [-0.05, 0) is 31.7 Å². The van der Waals surface area contributed by atoms with E-state index in [1.165, 1.54) is 13.3 Å². The molecular weight excluding hydrogens is 408 g/mol. The Labute approximate surface area is 177 Å². The van der Waals surface area contributed by atoms with Gasteiger partial charge in [-0.25, -0.2) is 13.6 Å². The number of fused-ring (bicyclic) bond motifs is 1. The average molecular weight is 433 g/mol. The van der Waals surface area contributed by atoms with Crippen molar-refractivity contribution in [2.45, 2.75) is 43.9 Å². The quantitative estimate of drug-likeness (QED) is 0.699. The summed E-state index contributed by atoms with van der Waals surface area (Å²) in [5, 5.41) is 12.7. The molecule has 0 spiro atoms. The van der Waals surface area contributed by atoms with E-state index < -0.39 is 29.0 Å². The topological polar surface area (TPSA) is 83.8 Å². The van der Waals surface area contributed by atoms with Gasteiger partial charge in [-0.1, -0.05) is 0 Å². The molecular formula is C22H25F2N3O4. The number of hydrogen-bond donors (Lipinski definition) is 2. The van der Waals surface area contributed by atoms with E-state index in [-0.39, 0.29) is 35.3 Å². The number of alkyl halides is 1. The number of anilines is 1. The zero-order valence-electron chi connectivity index (χ0n) is 17.2. The molecule has 2 heterocycles. The molecule has 2 saturated carbocycles. The minimum absolute atomic E-state index is 0.0244. The van der Waals surface area contributed by atoms with E-state index in [2.05, 4.69) is 5.32 Å². The van der Waals surface area contributed by atoms with Crippen molar-refractivity contribution in [3.05, 3.63) is 33.9 Å². The van der Waals surface area contributed by atoms with Crippen molar-refractivity contribution in [3.63, 3.8) is 0 Å². The highest BCUT2D eigenvalue weighted by atomic mass is 19.1. The predicted octanol–water partition coefficient (Wildman–Crippen LogP) is 2.71. The largest absolute Gasteiger partial charge is 0.492 e. The third-order valence-electron chi connectivity index (χ3n) is 6.50. The van der Waals surface area contributed by atoms with E-state index >= 15 is 4.39 Å². The Hall–Kier alpha value is -2.68. The molecule has 1 aromatic carbocycles. The molecule has 0 unspecified atom stereocenters. The molecule has 3 fully saturated rings. The van der Waals surface area contributed by atoms with Crippen LogP contribution in [0, 0.1) is 11.7 Å². The summed E-state index contributed by atoms with van der Waals surface area (Å²) >= 11 is 0. The van der Waals surface area contributed by atoms with Crippen molar-refractivity contribution in [1.29, 1.82) is 0 Å². The smallest absolute Gasteiger partial charge is 0.341 e. The number of hydrogen-bond acceptors (Lipinski definition) is 5. The third-order valence-corrected chi connectivity index (χ3v) is 6.50. The molecule has 2 aliphatic carbocycles. The van der Waals surface area contributed by atoms with Gasteiger partial charge in [-0.3, -0.25) is 4.79 Å². The van der Waals surface area contributed by atoms with E-state index in [9.17, 15) is 19.1 Å². The minimum atomic E-state index is -1.35. The Bertz CT molecular complexity index is 1110. The van der Waals surface area contributed by atoms with E-state index in [0.717, 1.165) is 31.7 Å². The summed E-state index contributed by atoms with van der Waals surface area (Å²) in [4.78, 5) is 26.0. The van der Waals surface area contributed by atoms with Crippen LogP contribution >= 0.6 is 0 Å². The van der Waals surface area contributed by atoms with Crippen LogP contribution in [0.2, 0.25) is 0 Å². The highest BCUT2D eigenvalue weighted by Gasteiger charge is 2.38. The monoisotopic (exact) mass is 433 g/mol. The molecule has 0 radical (unpaired) electrons. The van der Waals surface area contributed by atoms with Gasteiger partial charge in [0.1, 0.15) is 17.4 Å².